The summed E-state index contributed by atoms with van der Waals surface area (Å²) in [5, 5.41) is 10.2. The van der Waals surface area contributed by atoms with E-state index in [1.165, 1.54) is 18.2 Å². The molecule has 0 saturated heterocycles. The number of benzene rings is 4. The van der Waals surface area contributed by atoms with Crippen molar-refractivity contribution < 1.29 is 24.2 Å². The number of hydrogen-bond acceptors (Lipinski definition) is 5. The Morgan fingerprint density at radius 3 is 2.17 bits per heavy atom. The van der Waals surface area contributed by atoms with Crippen molar-refractivity contribution in [2.75, 3.05) is 11.5 Å². The summed E-state index contributed by atoms with van der Waals surface area (Å²) in [6, 6.07) is 25.1. The average Bonchev–Trinajstić information content (AvgIpc) is 3.14. The number of ketones is 1. The average molecular weight is 463 g/mol. The minimum atomic E-state index is -0.504. The number of carbonyl (C=O) groups is 3. The number of hydrogen-bond donors (Lipinski definition) is 1. The number of carbonyl (C=O) groups excluding carboxylic acids is 3. The van der Waals surface area contributed by atoms with Crippen molar-refractivity contribution in [3.05, 3.63) is 113 Å². The van der Waals surface area contributed by atoms with Gasteiger partial charge in [-0.25, -0.2) is 4.90 Å². The number of para-hydroxylation sites is 2. The highest BCUT2D eigenvalue weighted by molar-refractivity contribution is 6.36. The third-order valence-electron chi connectivity index (χ3n) is 5.89. The van der Waals surface area contributed by atoms with Crippen LogP contribution in [0.2, 0.25) is 0 Å². The van der Waals surface area contributed by atoms with Crippen LogP contribution in [0, 0.1) is 0 Å². The predicted molar refractivity (Wildman–Crippen MR) is 132 cm³/mol. The summed E-state index contributed by atoms with van der Waals surface area (Å²) in [6.07, 6.45) is 0. The molecule has 6 nitrogen and oxygen atoms in total. The lowest BCUT2D eigenvalue weighted by atomic mass is 9.91. The first-order valence-corrected chi connectivity index (χ1v) is 11.2. The van der Waals surface area contributed by atoms with Gasteiger partial charge in [0.2, 0.25) is 0 Å². The first-order valence-electron chi connectivity index (χ1n) is 11.2. The molecule has 0 spiro atoms. The van der Waals surface area contributed by atoms with Gasteiger partial charge in [-0.05, 0) is 66.6 Å². The van der Waals surface area contributed by atoms with Gasteiger partial charge in [0.05, 0.1) is 29.0 Å². The molecule has 172 valence electrons. The Bertz CT molecular complexity index is 1460. The van der Waals surface area contributed by atoms with Crippen molar-refractivity contribution in [3.8, 4) is 22.6 Å². The molecule has 4 aromatic rings. The lowest BCUT2D eigenvalue weighted by Crippen LogP contribution is -2.29. The Kier molecular flexibility index (Phi) is 5.63. The lowest BCUT2D eigenvalue weighted by Gasteiger charge is -2.14. The molecular formula is C29H21NO5. The van der Waals surface area contributed by atoms with E-state index >= 15 is 0 Å². The van der Waals surface area contributed by atoms with Gasteiger partial charge in [-0.1, -0.05) is 42.5 Å². The van der Waals surface area contributed by atoms with Crippen molar-refractivity contribution in [1.29, 1.82) is 0 Å². The fourth-order valence-corrected chi connectivity index (χ4v) is 4.25. The molecule has 5 rings (SSSR count). The van der Waals surface area contributed by atoms with Crippen LogP contribution >= 0.6 is 0 Å². The molecule has 0 bridgehead atoms. The van der Waals surface area contributed by atoms with E-state index in [9.17, 15) is 19.5 Å². The maximum Gasteiger partial charge on any atom is 0.266 e. The van der Waals surface area contributed by atoms with Crippen LogP contribution in [0.1, 0.15) is 43.6 Å². The lowest BCUT2D eigenvalue weighted by molar-refractivity contribution is 0.0925. The Labute approximate surface area is 202 Å². The van der Waals surface area contributed by atoms with Gasteiger partial charge in [-0.3, -0.25) is 14.4 Å². The summed E-state index contributed by atoms with van der Waals surface area (Å²) in [7, 11) is 0. The van der Waals surface area contributed by atoms with Crippen LogP contribution in [0.5, 0.6) is 11.5 Å². The van der Waals surface area contributed by atoms with Crippen LogP contribution in [0.4, 0.5) is 5.69 Å². The number of phenolic OH excluding ortho intramolecular Hbond substituents is 1. The second-order valence-electron chi connectivity index (χ2n) is 8.03. The molecule has 0 fully saturated rings. The standard InChI is InChI=1S/C29H21NO5/c1-2-35-21-14-12-18(13-15-21)23-16-19(27(32)22-10-6-7-11-25(22)31)17-24-26(23)29(34)30(28(24)33)20-8-4-3-5-9-20/h3-17,31H,2H2,1H3. The fourth-order valence-electron chi connectivity index (χ4n) is 4.25. The molecule has 1 heterocycles. The van der Waals surface area contributed by atoms with E-state index in [2.05, 4.69) is 0 Å². The van der Waals surface area contributed by atoms with Gasteiger partial charge in [0.15, 0.2) is 5.78 Å². The van der Waals surface area contributed by atoms with Crippen LogP contribution in [0.3, 0.4) is 0 Å². The van der Waals surface area contributed by atoms with Crippen molar-refractivity contribution in [2.45, 2.75) is 6.92 Å². The monoisotopic (exact) mass is 463 g/mol. The van der Waals surface area contributed by atoms with E-state index < -0.39 is 17.6 Å². The van der Waals surface area contributed by atoms with Gasteiger partial charge in [0.1, 0.15) is 11.5 Å². The highest BCUT2D eigenvalue weighted by atomic mass is 16.5. The Balaban J connectivity index is 1.69. The molecule has 0 aliphatic carbocycles. The largest absolute Gasteiger partial charge is 0.507 e. The Hall–Kier alpha value is -4.71. The quantitative estimate of drug-likeness (QED) is 0.302. The summed E-state index contributed by atoms with van der Waals surface area (Å²) in [6.45, 7) is 2.40. The van der Waals surface area contributed by atoms with E-state index in [4.69, 9.17) is 4.74 Å². The van der Waals surface area contributed by atoms with E-state index in [-0.39, 0.29) is 28.0 Å². The Morgan fingerprint density at radius 2 is 1.49 bits per heavy atom. The van der Waals surface area contributed by atoms with Gasteiger partial charge < -0.3 is 9.84 Å². The van der Waals surface area contributed by atoms with Crippen LogP contribution < -0.4 is 9.64 Å². The number of phenols is 1. The van der Waals surface area contributed by atoms with Crippen molar-refractivity contribution >= 4 is 23.3 Å². The molecular weight excluding hydrogens is 442 g/mol. The molecule has 6 heteroatoms. The molecule has 0 atom stereocenters. The zero-order valence-electron chi connectivity index (χ0n) is 18.9. The number of amides is 2. The maximum absolute atomic E-state index is 13.5. The van der Waals surface area contributed by atoms with Gasteiger partial charge >= 0.3 is 0 Å². The smallest absolute Gasteiger partial charge is 0.266 e. The minimum Gasteiger partial charge on any atom is -0.507 e. The summed E-state index contributed by atoms with van der Waals surface area (Å²) < 4.78 is 5.52. The number of fused-ring (bicyclic) bond motifs is 1. The summed E-state index contributed by atoms with van der Waals surface area (Å²) in [5.41, 5.74) is 2.26. The third kappa shape index (κ3) is 3.85. The number of imide groups is 1. The van der Waals surface area contributed by atoms with Gasteiger partial charge in [-0.2, -0.15) is 0 Å². The Morgan fingerprint density at radius 1 is 0.829 bits per heavy atom. The molecule has 0 unspecified atom stereocenters. The van der Waals surface area contributed by atoms with Crippen LogP contribution in [-0.4, -0.2) is 29.3 Å². The topological polar surface area (TPSA) is 83.9 Å². The molecule has 0 aromatic heterocycles. The molecule has 35 heavy (non-hydrogen) atoms. The predicted octanol–water partition coefficient (Wildman–Crippen LogP) is 5.49. The second-order valence-corrected chi connectivity index (χ2v) is 8.03. The van der Waals surface area contributed by atoms with Crippen molar-refractivity contribution in [2.24, 2.45) is 0 Å². The second kappa shape index (κ2) is 8.91. The van der Waals surface area contributed by atoms with Crippen molar-refractivity contribution in [3.63, 3.8) is 0 Å². The van der Waals surface area contributed by atoms with E-state index in [1.807, 2.05) is 6.92 Å². The fraction of sp³-hybridized carbons (Fsp3) is 0.0690. The molecule has 1 N–H and O–H groups in total. The van der Waals surface area contributed by atoms with E-state index in [0.29, 0.717) is 29.2 Å². The zero-order valence-corrected chi connectivity index (χ0v) is 18.9. The van der Waals surface area contributed by atoms with Crippen LogP contribution in [0.15, 0.2) is 91.0 Å². The molecule has 1 aliphatic heterocycles. The first kappa shape index (κ1) is 22.1. The zero-order chi connectivity index (χ0) is 24.5. The number of anilines is 1. The van der Waals surface area contributed by atoms with Crippen molar-refractivity contribution in [1.82, 2.24) is 0 Å². The SMILES string of the molecule is CCOc1ccc(-c2cc(C(=O)c3ccccc3O)cc3c2C(=O)N(c2ccccc2)C3=O)cc1. The van der Waals surface area contributed by atoms with Gasteiger partial charge in [0, 0.05) is 5.56 Å². The molecule has 0 saturated carbocycles. The highest BCUT2D eigenvalue weighted by Crippen LogP contribution is 2.37. The number of aromatic hydroxyl groups is 1. The van der Waals surface area contributed by atoms with E-state index in [0.717, 1.165) is 4.90 Å². The molecule has 1 aliphatic rings. The summed E-state index contributed by atoms with van der Waals surface area (Å²) >= 11 is 0. The normalized spacial score (nSPS) is 12.5. The van der Waals surface area contributed by atoms with Gasteiger partial charge in [-0.15, -0.1) is 0 Å². The molecule has 0 radical (unpaired) electrons. The molecule has 2 amide bonds. The highest BCUT2D eigenvalue weighted by Gasteiger charge is 2.39. The van der Waals surface area contributed by atoms with Crippen LogP contribution in [-0.2, 0) is 0 Å². The van der Waals surface area contributed by atoms with Crippen LogP contribution in [0.25, 0.3) is 11.1 Å². The van der Waals surface area contributed by atoms with Gasteiger partial charge in [0.25, 0.3) is 11.8 Å². The number of nitrogens with zero attached hydrogens (tertiary/aromatic N) is 1. The first-order chi connectivity index (χ1) is 17.0. The minimum absolute atomic E-state index is 0.113. The summed E-state index contributed by atoms with van der Waals surface area (Å²) in [4.78, 5) is 41.4. The molecule has 4 aromatic carbocycles. The summed E-state index contributed by atoms with van der Waals surface area (Å²) in [5.74, 6) is -0.898. The third-order valence-corrected chi connectivity index (χ3v) is 5.89. The van der Waals surface area contributed by atoms with E-state index in [1.54, 1.807) is 72.8 Å². The maximum atomic E-state index is 13.5. The number of rotatable bonds is 6. The number of ether oxygens (including phenoxy) is 1.